The average molecular weight is 478 g/mol. The largest absolute Gasteiger partial charge is 0.472 e. The maximum absolute atomic E-state index is 10.8. The van der Waals surface area contributed by atoms with E-state index in [0.29, 0.717) is 12.0 Å². The Bertz CT molecular complexity index is 745. The van der Waals surface area contributed by atoms with Crippen LogP contribution in [0.3, 0.4) is 0 Å². The molecule has 12 atom stereocenters. The van der Waals surface area contributed by atoms with Gasteiger partial charge in [0.1, 0.15) is 43.2 Å². The van der Waals surface area contributed by atoms with Crippen molar-refractivity contribution in [3.63, 3.8) is 0 Å². The average Bonchev–Trinajstić information content (AvgIpc) is 3.23. The Hall–Kier alpha value is -1.20. The van der Waals surface area contributed by atoms with Crippen LogP contribution in [-0.4, -0.2) is 122 Å². The molecule has 33 heavy (non-hydrogen) atoms. The van der Waals surface area contributed by atoms with Crippen LogP contribution >= 0.6 is 0 Å². The van der Waals surface area contributed by atoms with Crippen LogP contribution < -0.4 is 0 Å². The Labute approximate surface area is 188 Å². The molecule has 4 aliphatic rings. The fourth-order valence-corrected chi connectivity index (χ4v) is 4.46. The minimum absolute atomic E-state index is 0.0175. The molecule has 2 fully saturated rings. The lowest BCUT2D eigenvalue weighted by Gasteiger charge is -2.47. The second-order valence-electron chi connectivity index (χ2n) is 8.65. The number of hydrogen-bond donors (Lipinski definition) is 8. The van der Waals surface area contributed by atoms with Crippen molar-refractivity contribution in [1.29, 1.82) is 0 Å². The van der Waals surface area contributed by atoms with Gasteiger partial charge < -0.3 is 64.5 Å². The van der Waals surface area contributed by atoms with E-state index in [9.17, 15) is 40.9 Å². The second-order valence-corrected chi connectivity index (χ2v) is 8.65. The standard InChI is InChI=1S/C20H30O13/c21-5-9-2-1-8-3-4-29-17(11(8)9)32-19-15(26)13(24)16(27)20(28,33-19)7-31-18-14(25)12(23)10(22)6-30-18/h2-4,8,10-19,21-28H,1,5-7H2/t8-,10+,11+,12-,13+,14+,15+,16-,17?,18+,19-,20-/m0/s1. The zero-order chi connectivity index (χ0) is 23.9. The van der Waals surface area contributed by atoms with Crippen molar-refractivity contribution in [2.75, 3.05) is 19.8 Å². The molecule has 0 saturated carbocycles. The summed E-state index contributed by atoms with van der Waals surface area (Å²) in [5, 5.41) is 80.7. The Morgan fingerprint density at radius 1 is 0.970 bits per heavy atom. The zero-order valence-electron chi connectivity index (χ0n) is 17.5. The summed E-state index contributed by atoms with van der Waals surface area (Å²) in [7, 11) is 0. The molecule has 0 amide bonds. The van der Waals surface area contributed by atoms with Crippen molar-refractivity contribution in [2.24, 2.45) is 11.8 Å². The van der Waals surface area contributed by atoms with Crippen LogP contribution in [0.25, 0.3) is 0 Å². The highest BCUT2D eigenvalue weighted by Crippen LogP contribution is 2.41. The lowest BCUT2D eigenvalue weighted by molar-refractivity contribution is -0.423. The quantitative estimate of drug-likeness (QED) is 0.172. The van der Waals surface area contributed by atoms with E-state index in [4.69, 9.17) is 23.7 Å². The topological polar surface area (TPSA) is 208 Å². The third-order valence-electron chi connectivity index (χ3n) is 6.47. The number of aliphatic hydroxyl groups is 8. The van der Waals surface area contributed by atoms with E-state index in [1.54, 1.807) is 0 Å². The van der Waals surface area contributed by atoms with Crippen molar-refractivity contribution in [1.82, 2.24) is 0 Å². The zero-order valence-corrected chi connectivity index (χ0v) is 17.5. The molecule has 0 radical (unpaired) electrons. The molecule has 3 heterocycles. The van der Waals surface area contributed by atoms with Crippen LogP contribution in [0, 0.1) is 11.8 Å². The molecule has 1 unspecified atom stereocenters. The van der Waals surface area contributed by atoms with Crippen LogP contribution in [0.4, 0.5) is 0 Å². The van der Waals surface area contributed by atoms with Crippen LogP contribution in [0.5, 0.6) is 0 Å². The number of aliphatic hydroxyl groups excluding tert-OH is 7. The van der Waals surface area contributed by atoms with E-state index in [2.05, 4.69) is 0 Å². The van der Waals surface area contributed by atoms with Gasteiger partial charge in [0.05, 0.1) is 25.4 Å². The van der Waals surface area contributed by atoms with Crippen molar-refractivity contribution >= 4 is 0 Å². The third kappa shape index (κ3) is 4.69. The molecule has 0 aromatic rings. The van der Waals surface area contributed by atoms with Gasteiger partial charge in [-0.15, -0.1) is 0 Å². The summed E-state index contributed by atoms with van der Waals surface area (Å²) in [5.74, 6) is -3.01. The monoisotopic (exact) mass is 478 g/mol. The van der Waals surface area contributed by atoms with Gasteiger partial charge in [-0.1, -0.05) is 6.08 Å². The van der Waals surface area contributed by atoms with Crippen molar-refractivity contribution in [3.8, 4) is 0 Å². The number of fused-ring (bicyclic) bond motifs is 1. The Morgan fingerprint density at radius 3 is 2.42 bits per heavy atom. The van der Waals surface area contributed by atoms with Gasteiger partial charge in [-0.3, -0.25) is 0 Å². The molecule has 2 saturated heterocycles. The van der Waals surface area contributed by atoms with Crippen molar-refractivity contribution in [2.45, 2.75) is 67.7 Å². The summed E-state index contributed by atoms with van der Waals surface area (Å²) >= 11 is 0. The first-order chi connectivity index (χ1) is 15.7. The first-order valence-electron chi connectivity index (χ1n) is 10.7. The summed E-state index contributed by atoms with van der Waals surface area (Å²) in [4.78, 5) is 0. The van der Waals surface area contributed by atoms with E-state index in [1.807, 2.05) is 12.2 Å². The SMILES string of the molecule is OCC1=CC[C@H]2C=COC(O[C@H]3O[C@@](O)(CO[C@H]4OC[C@@H](O)[C@H](O)[C@H]4O)[C@@H](O)[C@H](O)[C@H]3O)[C@@H]12. The lowest BCUT2D eigenvalue weighted by Crippen LogP contribution is -2.67. The van der Waals surface area contributed by atoms with Crippen LogP contribution in [0.1, 0.15) is 6.42 Å². The lowest BCUT2D eigenvalue weighted by atomic mass is 9.89. The summed E-state index contributed by atoms with van der Waals surface area (Å²) in [5.41, 5.74) is 0.669. The summed E-state index contributed by atoms with van der Waals surface area (Å²) in [6.07, 6.45) is -8.72. The van der Waals surface area contributed by atoms with E-state index in [-0.39, 0.29) is 25.0 Å². The maximum atomic E-state index is 10.8. The molecule has 0 aromatic carbocycles. The molecular weight excluding hydrogens is 448 g/mol. The van der Waals surface area contributed by atoms with Gasteiger partial charge in [0.25, 0.3) is 0 Å². The van der Waals surface area contributed by atoms with Gasteiger partial charge in [-0.2, -0.15) is 0 Å². The molecule has 3 aliphatic heterocycles. The van der Waals surface area contributed by atoms with Crippen LogP contribution in [0.2, 0.25) is 0 Å². The van der Waals surface area contributed by atoms with E-state index >= 15 is 0 Å². The molecule has 188 valence electrons. The van der Waals surface area contributed by atoms with Crippen LogP contribution in [0.15, 0.2) is 24.0 Å². The molecule has 4 rings (SSSR count). The predicted octanol–water partition coefficient (Wildman–Crippen LogP) is -3.99. The Balaban J connectivity index is 1.44. The fourth-order valence-electron chi connectivity index (χ4n) is 4.46. The highest BCUT2D eigenvalue weighted by Gasteiger charge is 2.55. The highest BCUT2D eigenvalue weighted by molar-refractivity contribution is 5.21. The molecule has 8 N–H and O–H groups in total. The molecule has 13 nitrogen and oxygen atoms in total. The van der Waals surface area contributed by atoms with Gasteiger partial charge in [-0.05, 0) is 24.0 Å². The van der Waals surface area contributed by atoms with Gasteiger partial charge in [0.2, 0.25) is 12.1 Å². The third-order valence-corrected chi connectivity index (χ3v) is 6.47. The summed E-state index contributed by atoms with van der Waals surface area (Å²) < 4.78 is 26.9. The van der Waals surface area contributed by atoms with Gasteiger partial charge >= 0.3 is 0 Å². The van der Waals surface area contributed by atoms with E-state index in [1.165, 1.54) is 6.26 Å². The fraction of sp³-hybridized carbons (Fsp3) is 0.800. The number of rotatable bonds is 6. The molecule has 0 aromatic heterocycles. The molecular formula is C20H30O13. The Morgan fingerprint density at radius 2 is 1.70 bits per heavy atom. The molecule has 0 bridgehead atoms. The second kappa shape index (κ2) is 9.81. The summed E-state index contributed by atoms with van der Waals surface area (Å²) in [6, 6.07) is 0. The van der Waals surface area contributed by atoms with E-state index < -0.39 is 67.9 Å². The minimum Gasteiger partial charge on any atom is -0.472 e. The molecule has 13 heteroatoms. The van der Waals surface area contributed by atoms with Gasteiger partial charge in [0.15, 0.2) is 12.6 Å². The number of ether oxygens (including phenoxy) is 5. The molecule has 1 aliphatic carbocycles. The first-order valence-corrected chi connectivity index (χ1v) is 10.7. The number of allylic oxidation sites excluding steroid dienone is 2. The van der Waals surface area contributed by atoms with Gasteiger partial charge in [-0.25, -0.2) is 0 Å². The predicted molar refractivity (Wildman–Crippen MR) is 103 cm³/mol. The molecule has 0 spiro atoms. The van der Waals surface area contributed by atoms with Crippen molar-refractivity contribution < 1.29 is 64.5 Å². The maximum Gasteiger partial charge on any atom is 0.221 e. The smallest absolute Gasteiger partial charge is 0.221 e. The summed E-state index contributed by atoms with van der Waals surface area (Å²) in [6.45, 7) is -1.44. The van der Waals surface area contributed by atoms with Crippen molar-refractivity contribution in [3.05, 3.63) is 24.0 Å². The number of hydrogen-bond acceptors (Lipinski definition) is 13. The first kappa shape index (κ1) is 24.9. The minimum atomic E-state index is -2.61. The van der Waals surface area contributed by atoms with Gasteiger partial charge in [0, 0.05) is 0 Å². The Kier molecular flexibility index (Phi) is 7.41. The van der Waals surface area contributed by atoms with E-state index in [0.717, 1.165) is 0 Å². The normalized spacial score (nSPS) is 49.9. The highest BCUT2D eigenvalue weighted by atomic mass is 16.8. The van der Waals surface area contributed by atoms with Crippen LogP contribution in [-0.2, 0) is 23.7 Å².